The lowest BCUT2D eigenvalue weighted by molar-refractivity contribution is 0.427. The Kier molecular flexibility index (Phi) is 3.62. The van der Waals surface area contributed by atoms with Crippen molar-refractivity contribution >= 4 is 0 Å². The number of aromatic nitrogens is 1. The summed E-state index contributed by atoms with van der Waals surface area (Å²) in [6.45, 7) is 6.24. The summed E-state index contributed by atoms with van der Waals surface area (Å²) in [5.74, 6) is 0.893. The van der Waals surface area contributed by atoms with Crippen molar-refractivity contribution in [3.05, 3.63) is 41.1 Å². The first-order chi connectivity index (χ1) is 8.22. The van der Waals surface area contributed by atoms with E-state index < -0.39 is 0 Å². The summed E-state index contributed by atoms with van der Waals surface area (Å²) in [6.07, 6.45) is 3.65. The van der Waals surface area contributed by atoms with Crippen LogP contribution in [0.2, 0.25) is 0 Å². The molecule has 0 aliphatic carbocycles. The molecule has 2 heteroatoms. The first kappa shape index (κ1) is 11.9. The minimum absolute atomic E-state index is 0.893. The molecule has 0 fully saturated rings. The molecule has 0 bridgehead atoms. The number of hydrogen-bond donors (Lipinski definition) is 0. The summed E-state index contributed by atoms with van der Waals surface area (Å²) >= 11 is 0. The maximum atomic E-state index is 5.35. The zero-order valence-electron chi connectivity index (χ0n) is 10.8. The molecular weight excluding hydrogens is 210 g/mol. The Morgan fingerprint density at radius 2 is 1.82 bits per heavy atom. The Morgan fingerprint density at radius 3 is 2.35 bits per heavy atom. The van der Waals surface area contributed by atoms with E-state index in [2.05, 4.69) is 36.3 Å². The van der Waals surface area contributed by atoms with Crippen molar-refractivity contribution in [3.63, 3.8) is 0 Å². The molecule has 0 atom stereocenters. The van der Waals surface area contributed by atoms with Gasteiger partial charge in [-0.1, -0.05) is 42.8 Å². The van der Waals surface area contributed by atoms with E-state index in [1.54, 1.807) is 0 Å². The van der Waals surface area contributed by atoms with E-state index in [0.717, 1.165) is 29.0 Å². The highest BCUT2D eigenvalue weighted by atomic mass is 16.5. The van der Waals surface area contributed by atoms with E-state index >= 15 is 0 Å². The van der Waals surface area contributed by atoms with Crippen LogP contribution in [0.1, 0.15) is 36.6 Å². The van der Waals surface area contributed by atoms with E-state index in [9.17, 15) is 0 Å². The van der Waals surface area contributed by atoms with Crippen molar-refractivity contribution in [3.8, 4) is 11.3 Å². The van der Waals surface area contributed by atoms with Crippen LogP contribution in [-0.2, 0) is 6.42 Å². The van der Waals surface area contributed by atoms with Gasteiger partial charge in [-0.3, -0.25) is 0 Å². The predicted octanol–water partition coefficient (Wildman–Crippen LogP) is 4.30. The van der Waals surface area contributed by atoms with Gasteiger partial charge in [-0.2, -0.15) is 0 Å². The molecule has 0 aliphatic heterocycles. The van der Waals surface area contributed by atoms with Crippen molar-refractivity contribution < 1.29 is 4.52 Å². The third-order valence-corrected chi connectivity index (χ3v) is 3.19. The van der Waals surface area contributed by atoms with Gasteiger partial charge in [0.2, 0.25) is 0 Å². The summed E-state index contributed by atoms with van der Waals surface area (Å²) in [5.41, 5.74) is 4.61. The molecule has 2 aromatic rings. The van der Waals surface area contributed by atoms with Gasteiger partial charge in [0.25, 0.3) is 0 Å². The molecule has 90 valence electrons. The van der Waals surface area contributed by atoms with Crippen LogP contribution in [0.25, 0.3) is 11.3 Å². The quantitative estimate of drug-likeness (QED) is 0.781. The molecule has 0 spiro atoms. The second kappa shape index (κ2) is 5.17. The Labute approximate surface area is 103 Å². The van der Waals surface area contributed by atoms with E-state index in [1.807, 2.05) is 13.8 Å². The summed E-state index contributed by atoms with van der Waals surface area (Å²) in [7, 11) is 0. The van der Waals surface area contributed by atoms with Gasteiger partial charge in [-0.05, 0) is 32.3 Å². The minimum Gasteiger partial charge on any atom is -0.356 e. The number of benzene rings is 1. The number of aryl methyl sites for hydroxylation is 2. The lowest BCUT2D eigenvalue weighted by Gasteiger charge is -2.02. The van der Waals surface area contributed by atoms with Crippen LogP contribution in [-0.4, -0.2) is 5.16 Å². The molecular formula is C15H19NO. The average molecular weight is 229 g/mol. The minimum atomic E-state index is 0.893. The molecule has 0 unspecified atom stereocenters. The fourth-order valence-corrected chi connectivity index (χ4v) is 1.89. The molecule has 0 saturated carbocycles. The van der Waals surface area contributed by atoms with Crippen LogP contribution in [0.15, 0.2) is 28.8 Å². The van der Waals surface area contributed by atoms with Gasteiger partial charge in [-0.25, -0.2) is 0 Å². The summed E-state index contributed by atoms with van der Waals surface area (Å²) in [5, 5.41) is 3.99. The lowest BCUT2D eigenvalue weighted by Crippen LogP contribution is -1.85. The Morgan fingerprint density at radius 1 is 1.12 bits per heavy atom. The molecule has 0 N–H and O–H groups in total. The van der Waals surface area contributed by atoms with E-state index in [4.69, 9.17) is 4.52 Å². The molecule has 1 aromatic carbocycles. The molecule has 2 rings (SSSR count). The van der Waals surface area contributed by atoms with Crippen LogP contribution in [0.3, 0.4) is 0 Å². The fourth-order valence-electron chi connectivity index (χ4n) is 1.89. The van der Waals surface area contributed by atoms with E-state index in [1.165, 1.54) is 18.4 Å². The van der Waals surface area contributed by atoms with Crippen LogP contribution < -0.4 is 0 Å². The van der Waals surface area contributed by atoms with Gasteiger partial charge < -0.3 is 4.52 Å². The van der Waals surface area contributed by atoms with E-state index in [-0.39, 0.29) is 0 Å². The second-order valence-corrected chi connectivity index (χ2v) is 4.52. The number of rotatable bonds is 4. The monoisotopic (exact) mass is 229 g/mol. The first-order valence-electron chi connectivity index (χ1n) is 6.24. The number of nitrogens with zero attached hydrogens (tertiary/aromatic N) is 1. The summed E-state index contributed by atoms with van der Waals surface area (Å²) < 4.78 is 5.35. The normalized spacial score (nSPS) is 10.8. The second-order valence-electron chi connectivity index (χ2n) is 4.52. The molecule has 1 aromatic heterocycles. The van der Waals surface area contributed by atoms with Gasteiger partial charge in [-0.15, -0.1) is 0 Å². The van der Waals surface area contributed by atoms with Gasteiger partial charge >= 0.3 is 0 Å². The van der Waals surface area contributed by atoms with Crippen LogP contribution in [0, 0.1) is 13.8 Å². The smallest absolute Gasteiger partial charge is 0.170 e. The average Bonchev–Trinajstić information content (AvgIpc) is 2.68. The molecule has 0 amide bonds. The van der Waals surface area contributed by atoms with Gasteiger partial charge in [0.05, 0.1) is 5.69 Å². The van der Waals surface area contributed by atoms with Crippen LogP contribution in [0.5, 0.6) is 0 Å². The molecule has 0 aliphatic rings. The SMILES string of the molecule is CCCCc1ccc(-c2onc(C)c2C)cc1. The molecule has 17 heavy (non-hydrogen) atoms. The van der Waals surface area contributed by atoms with Crippen molar-refractivity contribution in [1.29, 1.82) is 0 Å². The molecule has 0 radical (unpaired) electrons. The number of unbranched alkanes of at least 4 members (excludes halogenated alkanes) is 1. The van der Waals surface area contributed by atoms with Crippen molar-refractivity contribution in [1.82, 2.24) is 5.16 Å². The Hall–Kier alpha value is -1.57. The summed E-state index contributed by atoms with van der Waals surface area (Å²) in [6, 6.07) is 8.61. The van der Waals surface area contributed by atoms with Crippen LogP contribution in [0.4, 0.5) is 0 Å². The third-order valence-electron chi connectivity index (χ3n) is 3.19. The highest BCUT2D eigenvalue weighted by Crippen LogP contribution is 2.25. The lowest BCUT2D eigenvalue weighted by atomic mass is 10.0. The molecule has 0 saturated heterocycles. The van der Waals surface area contributed by atoms with E-state index in [0.29, 0.717) is 0 Å². The summed E-state index contributed by atoms with van der Waals surface area (Å²) in [4.78, 5) is 0. The zero-order valence-corrected chi connectivity index (χ0v) is 10.8. The highest BCUT2D eigenvalue weighted by Gasteiger charge is 2.10. The van der Waals surface area contributed by atoms with Crippen molar-refractivity contribution in [2.24, 2.45) is 0 Å². The Balaban J connectivity index is 2.20. The molecule has 2 nitrogen and oxygen atoms in total. The topological polar surface area (TPSA) is 26.0 Å². The molecule has 1 heterocycles. The highest BCUT2D eigenvalue weighted by molar-refractivity contribution is 5.61. The Bertz CT molecular complexity index is 482. The van der Waals surface area contributed by atoms with Crippen molar-refractivity contribution in [2.45, 2.75) is 40.0 Å². The van der Waals surface area contributed by atoms with Crippen molar-refractivity contribution in [2.75, 3.05) is 0 Å². The largest absolute Gasteiger partial charge is 0.356 e. The maximum Gasteiger partial charge on any atom is 0.170 e. The maximum absolute atomic E-state index is 5.35. The van der Waals surface area contributed by atoms with Gasteiger partial charge in [0.15, 0.2) is 5.76 Å². The van der Waals surface area contributed by atoms with Gasteiger partial charge in [0.1, 0.15) is 0 Å². The fraction of sp³-hybridized carbons (Fsp3) is 0.400. The first-order valence-corrected chi connectivity index (χ1v) is 6.24. The standard InChI is InChI=1S/C15H19NO/c1-4-5-6-13-7-9-14(10-8-13)15-11(2)12(3)16-17-15/h7-10H,4-6H2,1-3H3. The van der Waals surface area contributed by atoms with Crippen LogP contribution >= 0.6 is 0 Å². The number of hydrogen-bond acceptors (Lipinski definition) is 2. The third kappa shape index (κ3) is 2.57. The zero-order chi connectivity index (χ0) is 12.3. The predicted molar refractivity (Wildman–Crippen MR) is 70.0 cm³/mol. The van der Waals surface area contributed by atoms with Gasteiger partial charge in [0, 0.05) is 11.1 Å².